The molecule has 0 bridgehead atoms. The first-order valence-electron chi connectivity index (χ1n) is 9.00. The number of aromatic nitrogens is 3. The van der Waals surface area contributed by atoms with Crippen molar-refractivity contribution in [2.24, 2.45) is 0 Å². The summed E-state index contributed by atoms with van der Waals surface area (Å²) in [6.45, 7) is 1.66. The maximum Gasteiger partial charge on any atom is 0.280 e. The van der Waals surface area contributed by atoms with Crippen LogP contribution >= 0.6 is 0 Å². The molecule has 0 saturated heterocycles. The van der Waals surface area contributed by atoms with E-state index in [2.05, 4.69) is 20.9 Å². The van der Waals surface area contributed by atoms with Gasteiger partial charge >= 0.3 is 0 Å². The molecule has 3 aromatic rings. The molecule has 0 fully saturated rings. The zero-order chi connectivity index (χ0) is 21.7. The third kappa shape index (κ3) is 4.49. The van der Waals surface area contributed by atoms with Crippen LogP contribution in [0.2, 0.25) is 0 Å². The number of methoxy groups -OCH3 is 2. The highest BCUT2D eigenvalue weighted by molar-refractivity contribution is 6.06. The normalized spacial score (nSPS) is 10.4. The number of nitrogens with one attached hydrogen (secondary N) is 2. The predicted octanol–water partition coefficient (Wildman–Crippen LogP) is 2.08. The second-order valence-corrected chi connectivity index (χ2v) is 6.39. The minimum atomic E-state index is -0.562. The summed E-state index contributed by atoms with van der Waals surface area (Å²) in [6, 6.07) is 12.4. The lowest BCUT2D eigenvalue weighted by Crippen LogP contribution is -2.21. The quantitative estimate of drug-likeness (QED) is 0.543. The Kier molecular flexibility index (Phi) is 6.16. The number of anilines is 3. The van der Waals surface area contributed by atoms with Crippen molar-refractivity contribution in [3.63, 3.8) is 0 Å². The highest BCUT2D eigenvalue weighted by Gasteiger charge is 2.20. The highest BCUT2D eigenvalue weighted by atomic mass is 16.5. The fraction of sp³-hybridized carbons (Fsp3) is 0.200. The van der Waals surface area contributed by atoms with Crippen molar-refractivity contribution in [2.45, 2.75) is 13.5 Å². The van der Waals surface area contributed by atoms with Crippen LogP contribution in [0.3, 0.4) is 0 Å². The van der Waals surface area contributed by atoms with Gasteiger partial charge in [0.2, 0.25) is 5.91 Å². The lowest BCUT2D eigenvalue weighted by Gasteiger charge is -2.11. The number of rotatable bonds is 7. The van der Waals surface area contributed by atoms with Gasteiger partial charge in [-0.15, -0.1) is 5.10 Å². The van der Waals surface area contributed by atoms with E-state index in [1.165, 1.54) is 14.2 Å². The van der Waals surface area contributed by atoms with Crippen LogP contribution in [0.4, 0.5) is 17.2 Å². The summed E-state index contributed by atoms with van der Waals surface area (Å²) in [4.78, 5) is 25.0. The molecule has 0 aliphatic rings. The lowest BCUT2D eigenvalue weighted by atomic mass is 10.2. The molecule has 10 heteroatoms. The predicted molar refractivity (Wildman–Crippen MR) is 112 cm³/mol. The highest BCUT2D eigenvalue weighted by Crippen LogP contribution is 2.26. The Hall–Kier alpha value is -4.08. The molecule has 3 rings (SSSR count). The van der Waals surface area contributed by atoms with Gasteiger partial charge < -0.3 is 25.8 Å². The SMILES string of the molecule is COc1ccccc1NC(=O)Cn1nnc(C(=O)Nc2cc(C)ccc2OC)c1N. The number of ether oxygens (including phenoxy) is 2. The van der Waals surface area contributed by atoms with Crippen molar-refractivity contribution >= 4 is 29.0 Å². The van der Waals surface area contributed by atoms with Crippen molar-refractivity contribution in [1.82, 2.24) is 15.0 Å². The van der Waals surface area contributed by atoms with E-state index >= 15 is 0 Å². The average Bonchev–Trinajstić information content (AvgIpc) is 3.08. The van der Waals surface area contributed by atoms with Gasteiger partial charge in [-0.3, -0.25) is 9.59 Å². The largest absolute Gasteiger partial charge is 0.495 e. The Morgan fingerprint density at radius 1 is 1.03 bits per heavy atom. The number of carbonyl (C=O) groups is 2. The van der Waals surface area contributed by atoms with Gasteiger partial charge in [0.05, 0.1) is 25.6 Å². The number of carbonyl (C=O) groups excluding carboxylic acids is 2. The number of amides is 2. The van der Waals surface area contributed by atoms with Crippen molar-refractivity contribution in [3.05, 3.63) is 53.7 Å². The molecule has 30 heavy (non-hydrogen) atoms. The molecule has 4 N–H and O–H groups in total. The molecular weight excluding hydrogens is 388 g/mol. The fourth-order valence-electron chi connectivity index (χ4n) is 2.77. The number of benzene rings is 2. The summed E-state index contributed by atoms with van der Waals surface area (Å²) in [5.41, 5.74) is 7.83. The molecule has 1 aromatic heterocycles. The van der Waals surface area contributed by atoms with Gasteiger partial charge in [0, 0.05) is 0 Å². The summed E-state index contributed by atoms with van der Waals surface area (Å²) < 4.78 is 11.6. The molecule has 0 saturated carbocycles. The molecule has 0 spiro atoms. The molecule has 2 amide bonds. The van der Waals surface area contributed by atoms with Crippen LogP contribution in [0.5, 0.6) is 11.5 Å². The second kappa shape index (κ2) is 8.95. The van der Waals surface area contributed by atoms with Crippen LogP contribution in [-0.4, -0.2) is 41.0 Å². The van der Waals surface area contributed by atoms with Gasteiger partial charge in [-0.05, 0) is 36.8 Å². The first kappa shape index (κ1) is 20.6. The smallest absolute Gasteiger partial charge is 0.280 e. The molecule has 10 nitrogen and oxygen atoms in total. The van der Waals surface area contributed by atoms with Crippen molar-refractivity contribution in [2.75, 3.05) is 30.6 Å². The Morgan fingerprint density at radius 2 is 1.73 bits per heavy atom. The Morgan fingerprint density at radius 3 is 2.47 bits per heavy atom. The number of nitrogen functional groups attached to an aromatic ring is 1. The molecular formula is C20H22N6O4. The molecule has 0 unspecified atom stereocenters. The van der Waals surface area contributed by atoms with E-state index in [4.69, 9.17) is 15.2 Å². The minimum Gasteiger partial charge on any atom is -0.495 e. The third-order valence-electron chi connectivity index (χ3n) is 4.27. The molecule has 0 radical (unpaired) electrons. The van der Waals surface area contributed by atoms with Gasteiger partial charge in [-0.25, -0.2) is 4.68 Å². The van der Waals surface area contributed by atoms with E-state index < -0.39 is 11.8 Å². The van der Waals surface area contributed by atoms with Crippen LogP contribution in [-0.2, 0) is 11.3 Å². The number of para-hydroxylation sites is 2. The first-order chi connectivity index (χ1) is 14.4. The molecule has 2 aromatic carbocycles. The van der Waals surface area contributed by atoms with Crippen LogP contribution in [0.1, 0.15) is 16.1 Å². The number of hydrogen-bond donors (Lipinski definition) is 3. The zero-order valence-corrected chi connectivity index (χ0v) is 16.8. The van der Waals surface area contributed by atoms with Crippen LogP contribution in [0.15, 0.2) is 42.5 Å². The van der Waals surface area contributed by atoms with E-state index in [1.807, 2.05) is 13.0 Å². The Bertz CT molecular complexity index is 1080. The van der Waals surface area contributed by atoms with Crippen LogP contribution in [0, 0.1) is 6.92 Å². The molecule has 156 valence electrons. The van der Waals surface area contributed by atoms with E-state index in [1.54, 1.807) is 36.4 Å². The van der Waals surface area contributed by atoms with Gasteiger partial charge in [-0.2, -0.15) is 0 Å². The average molecular weight is 410 g/mol. The Balaban J connectivity index is 1.72. The third-order valence-corrected chi connectivity index (χ3v) is 4.27. The maximum atomic E-state index is 12.6. The molecule has 0 atom stereocenters. The van der Waals surface area contributed by atoms with E-state index in [9.17, 15) is 9.59 Å². The second-order valence-electron chi connectivity index (χ2n) is 6.39. The first-order valence-corrected chi connectivity index (χ1v) is 9.00. The molecule has 0 aliphatic carbocycles. The lowest BCUT2D eigenvalue weighted by molar-refractivity contribution is -0.116. The topological polar surface area (TPSA) is 133 Å². The number of aryl methyl sites for hydroxylation is 1. The zero-order valence-electron chi connectivity index (χ0n) is 16.8. The summed E-state index contributed by atoms with van der Waals surface area (Å²) in [5.74, 6) is 0.0196. The van der Waals surface area contributed by atoms with Gasteiger partial charge in [0.25, 0.3) is 5.91 Å². The van der Waals surface area contributed by atoms with Crippen molar-refractivity contribution in [3.8, 4) is 11.5 Å². The van der Waals surface area contributed by atoms with Crippen LogP contribution in [0.25, 0.3) is 0 Å². The summed E-state index contributed by atoms with van der Waals surface area (Å²) in [6.07, 6.45) is 0. The monoisotopic (exact) mass is 410 g/mol. The maximum absolute atomic E-state index is 12.6. The van der Waals surface area contributed by atoms with Crippen molar-refractivity contribution in [1.29, 1.82) is 0 Å². The Labute approximate surface area is 173 Å². The van der Waals surface area contributed by atoms with Gasteiger partial charge in [-0.1, -0.05) is 23.4 Å². The summed E-state index contributed by atoms with van der Waals surface area (Å²) in [5, 5.41) is 13.0. The minimum absolute atomic E-state index is 0.0331. The van der Waals surface area contributed by atoms with E-state index in [0.29, 0.717) is 22.9 Å². The number of nitrogens with zero attached hydrogens (tertiary/aromatic N) is 3. The number of hydrogen-bond acceptors (Lipinski definition) is 7. The standard InChI is InChI=1S/C20H22N6O4/c1-12-8-9-16(30-3)14(10-12)23-20(28)18-19(21)26(25-24-18)11-17(27)22-13-6-4-5-7-15(13)29-2/h4-10H,11,21H2,1-3H3,(H,22,27)(H,23,28). The molecule has 0 aliphatic heterocycles. The fourth-order valence-corrected chi connectivity index (χ4v) is 2.77. The summed E-state index contributed by atoms with van der Waals surface area (Å²) in [7, 11) is 3.01. The number of nitrogens with two attached hydrogens (primary N) is 1. The van der Waals surface area contributed by atoms with E-state index in [0.717, 1.165) is 10.2 Å². The van der Waals surface area contributed by atoms with Gasteiger partial charge in [0.1, 0.15) is 18.0 Å². The summed E-state index contributed by atoms with van der Waals surface area (Å²) >= 11 is 0. The van der Waals surface area contributed by atoms with Crippen LogP contribution < -0.4 is 25.8 Å². The van der Waals surface area contributed by atoms with E-state index in [-0.39, 0.29) is 18.1 Å². The van der Waals surface area contributed by atoms with Gasteiger partial charge in [0.15, 0.2) is 11.5 Å². The van der Waals surface area contributed by atoms with Crippen molar-refractivity contribution < 1.29 is 19.1 Å². The molecule has 1 heterocycles.